The van der Waals surface area contributed by atoms with Crippen LogP contribution in [0, 0.1) is 11.3 Å². The minimum absolute atomic E-state index is 0.00733. The Hall–Kier alpha value is -3.34. The molecule has 0 unspecified atom stereocenters. The molecule has 2 aromatic heterocycles. The second kappa shape index (κ2) is 7.73. The number of nitrogens with zero attached hydrogens (tertiary/aromatic N) is 4. The number of pyridine rings is 1. The van der Waals surface area contributed by atoms with Crippen molar-refractivity contribution < 1.29 is 13.5 Å². The van der Waals surface area contributed by atoms with E-state index < -0.39 is 11.3 Å². The van der Waals surface area contributed by atoms with Gasteiger partial charge < -0.3 is 10.1 Å². The van der Waals surface area contributed by atoms with Crippen LogP contribution in [-0.4, -0.2) is 22.1 Å². The molecule has 1 saturated carbocycles. The molecule has 1 aromatic carbocycles. The number of ether oxygens (including phenoxy) is 1. The number of alkyl halides is 2. The van der Waals surface area contributed by atoms with Crippen LogP contribution in [0.4, 0.5) is 14.6 Å². The number of hydrogen-bond acceptors (Lipinski definition) is 6. The van der Waals surface area contributed by atoms with Crippen molar-refractivity contribution in [3.05, 3.63) is 53.3 Å². The van der Waals surface area contributed by atoms with Crippen LogP contribution in [0.15, 0.2) is 36.7 Å². The van der Waals surface area contributed by atoms with Gasteiger partial charge in [0, 0.05) is 23.6 Å². The third-order valence-electron chi connectivity index (χ3n) is 5.87. The highest BCUT2D eigenvalue weighted by Gasteiger charge is 2.47. The molecule has 0 bridgehead atoms. The number of hydrogen-bond donors (Lipinski definition) is 1. The number of nitriles is 1. The molecule has 0 aliphatic heterocycles. The Morgan fingerprint density at radius 2 is 2.06 bits per heavy atom. The SMILES string of the molecule is CCC(F)(F)c1cccc([C@@H](C)Nc2ncnc3nc(OC)c(C4(C#N)CC4)cc23)c1. The maximum Gasteiger partial charge on any atom is 0.273 e. The zero-order chi connectivity index (χ0) is 22.2. The highest BCUT2D eigenvalue weighted by Crippen LogP contribution is 2.51. The van der Waals surface area contributed by atoms with E-state index in [1.165, 1.54) is 32.5 Å². The van der Waals surface area contributed by atoms with Crippen molar-refractivity contribution in [1.29, 1.82) is 5.26 Å². The Bertz CT molecular complexity index is 1170. The summed E-state index contributed by atoms with van der Waals surface area (Å²) in [7, 11) is 1.52. The highest BCUT2D eigenvalue weighted by molar-refractivity contribution is 5.88. The average molecular weight is 423 g/mol. The van der Waals surface area contributed by atoms with E-state index in [0.29, 0.717) is 22.7 Å². The van der Waals surface area contributed by atoms with Gasteiger partial charge in [-0.3, -0.25) is 0 Å². The van der Waals surface area contributed by atoms with Crippen molar-refractivity contribution in [3.63, 3.8) is 0 Å². The Balaban J connectivity index is 1.72. The fourth-order valence-electron chi connectivity index (χ4n) is 3.68. The van der Waals surface area contributed by atoms with Crippen LogP contribution in [-0.2, 0) is 11.3 Å². The Morgan fingerprint density at radius 1 is 1.29 bits per heavy atom. The molecule has 0 spiro atoms. The second-order valence-corrected chi connectivity index (χ2v) is 7.88. The maximum atomic E-state index is 14.1. The Labute approximate surface area is 179 Å². The van der Waals surface area contributed by atoms with E-state index in [1.807, 2.05) is 13.0 Å². The maximum absolute atomic E-state index is 14.1. The number of rotatable bonds is 7. The predicted molar refractivity (Wildman–Crippen MR) is 113 cm³/mol. The fraction of sp³-hybridized carbons (Fsp3) is 0.391. The Morgan fingerprint density at radius 3 is 2.71 bits per heavy atom. The van der Waals surface area contributed by atoms with Gasteiger partial charge in [0.1, 0.15) is 12.1 Å². The quantitative estimate of drug-likeness (QED) is 0.558. The summed E-state index contributed by atoms with van der Waals surface area (Å²) < 4.78 is 33.7. The molecule has 2 heterocycles. The van der Waals surface area contributed by atoms with Crippen molar-refractivity contribution in [2.24, 2.45) is 0 Å². The molecule has 8 heteroatoms. The monoisotopic (exact) mass is 423 g/mol. The first-order valence-electron chi connectivity index (χ1n) is 10.2. The van der Waals surface area contributed by atoms with Crippen LogP contribution in [0.2, 0.25) is 0 Å². The first-order valence-corrected chi connectivity index (χ1v) is 10.2. The average Bonchev–Trinajstić information content (AvgIpc) is 3.59. The van der Waals surface area contributed by atoms with Crippen LogP contribution in [0.25, 0.3) is 11.0 Å². The fourth-order valence-corrected chi connectivity index (χ4v) is 3.68. The van der Waals surface area contributed by atoms with Gasteiger partial charge in [-0.1, -0.05) is 25.1 Å². The molecule has 0 saturated heterocycles. The van der Waals surface area contributed by atoms with Crippen LogP contribution < -0.4 is 10.1 Å². The van der Waals surface area contributed by atoms with Crippen LogP contribution in [0.1, 0.15) is 55.8 Å². The van der Waals surface area contributed by atoms with Crippen molar-refractivity contribution >= 4 is 16.9 Å². The third-order valence-corrected chi connectivity index (χ3v) is 5.87. The van der Waals surface area contributed by atoms with Gasteiger partial charge >= 0.3 is 0 Å². The molecule has 31 heavy (non-hydrogen) atoms. The van der Waals surface area contributed by atoms with Crippen molar-refractivity contribution in [3.8, 4) is 11.9 Å². The molecule has 160 valence electrons. The second-order valence-electron chi connectivity index (χ2n) is 7.88. The lowest BCUT2D eigenvalue weighted by Gasteiger charge is -2.20. The van der Waals surface area contributed by atoms with Gasteiger partial charge in [0.25, 0.3) is 5.92 Å². The molecule has 1 fully saturated rings. The van der Waals surface area contributed by atoms with E-state index in [2.05, 4.69) is 26.3 Å². The van der Waals surface area contributed by atoms with Gasteiger partial charge in [0.15, 0.2) is 5.65 Å². The van der Waals surface area contributed by atoms with E-state index in [9.17, 15) is 14.0 Å². The molecular weight excluding hydrogens is 400 g/mol. The van der Waals surface area contributed by atoms with Gasteiger partial charge in [-0.15, -0.1) is 0 Å². The van der Waals surface area contributed by atoms with Gasteiger partial charge in [-0.2, -0.15) is 10.2 Å². The predicted octanol–water partition coefficient (Wildman–Crippen LogP) is 5.26. The summed E-state index contributed by atoms with van der Waals surface area (Å²) in [5.74, 6) is -1.96. The van der Waals surface area contributed by atoms with E-state index in [4.69, 9.17) is 4.74 Å². The summed E-state index contributed by atoms with van der Waals surface area (Å²) in [6.45, 7) is 3.35. The zero-order valence-corrected chi connectivity index (χ0v) is 17.6. The van der Waals surface area contributed by atoms with Gasteiger partial charge in [-0.25, -0.2) is 18.7 Å². The molecule has 4 rings (SSSR count). The van der Waals surface area contributed by atoms with Crippen LogP contribution in [0.5, 0.6) is 5.88 Å². The summed E-state index contributed by atoms with van der Waals surface area (Å²) in [6, 6.07) is 10.3. The first kappa shape index (κ1) is 20.9. The van der Waals surface area contributed by atoms with Crippen molar-refractivity contribution in [2.75, 3.05) is 12.4 Å². The molecule has 0 amide bonds. The number of nitrogens with one attached hydrogen (secondary N) is 1. The number of fused-ring (bicyclic) bond motifs is 1. The minimum atomic E-state index is -2.87. The molecule has 1 aliphatic rings. The highest BCUT2D eigenvalue weighted by atomic mass is 19.3. The van der Waals surface area contributed by atoms with Crippen LogP contribution >= 0.6 is 0 Å². The summed E-state index contributed by atoms with van der Waals surface area (Å²) in [4.78, 5) is 13.1. The summed E-state index contributed by atoms with van der Waals surface area (Å²) in [5.41, 5.74) is 1.28. The third kappa shape index (κ3) is 3.76. The lowest BCUT2D eigenvalue weighted by Crippen LogP contribution is -2.14. The molecule has 3 aromatic rings. The Kier molecular flexibility index (Phi) is 5.21. The smallest absolute Gasteiger partial charge is 0.273 e. The molecule has 6 nitrogen and oxygen atoms in total. The lowest BCUT2D eigenvalue weighted by atomic mass is 9.97. The van der Waals surface area contributed by atoms with E-state index in [1.54, 1.807) is 12.1 Å². The normalized spacial score (nSPS) is 15.9. The summed E-state index contributed by atoms with van der Waals surface area (Å²) in [6.07, 6.45) is 2.63. The van der Waals surface area contributed by atoms with E-state index >= 15 is 0 Å². The van der Waals surface area contributed by atoms with Gasteiger partial charge in [0.05, 0.1) is 24.0 Å². The summed E-state index contributed by atoms with van der Waals surface area (Å²) in [5, 5.41) is 13.6. The number of methoxy groups -OCH3 is 1. The lowest BCUT2D eigenvalue weighted by molar-refractivity contribution is -0.00836. The van der Waals surface area contributed by atoms with Crippen LogP contribution in [0.3, 0.4) is 0 Å². The molecule has 1 N–H and O–H groups in total. The molecule has 0 radical (unpaired) electrons. The molecule has 1 atom stereocenters. The van der Waals surface area contributed by atoms with Gasteiger partial charge in [-0.05, 0) is 37.5 Å². The van der Waals surface area contributed by atoms with Crippen molar-refractivity contribution in [1.82, 2.24) is 15.0 Å². The largest absolute Gasteiger partial charge is 0.481 e. The number of anilines is 1. The minimum Gasteiger partial charge on any atom is -0.481 e. The molecular formula is C23H23F2N5O. The standard InChI is InChI=1S/C23H23F2N5O/c1-4-23(24,25)16-7-5-6-15(10-16)14(2)29-19-17-11-18(22(12-26)8-9-22)21(31-3)30-20(17)28-13-27-19/h5-7,10-11,13-14H,4,8-9H2,1-3H3,(H,27,28,29,30)/t14-/m1/s1. The summed E-state index contributed by atoms with van der Waals surface area (Å²) >= 11 is 0. The zero-order valence-electron chi connectivity index (χ0n) is 17.6. The van der Waals surface area contributed by atoms with E-state index in [-0.39, 0.29) is 18.0 Å². The topological polar surface area (TPSA) is 83.7 Å². The molecule has 1 aliphatic carbocycles. The number of halogens is 2. The van der Waals surface area contributed by atoms with Crippen molar-refractivity contribution in [2.45, 2.75) is 50.5 Å². The number of benzene rings is 1. The van der Waals surface area contributed by atoms with Gasteiger partial charge in [0.2, 0.25) is 5.88 Å². The first-order chi connectivity index (χ1) is 14.8. The number of aromatic nitrogens is 3. The van der Waals surface area contributed by atoms with E-state index in [0.717, 1.165) is 24.0 Å².